The SMILES string of the molecule is CCCCCCCCCCC(=O)O[C@H]1CC[C@@]2(C)C(=CC[C@@H]3[C@H]4CC[C@@H]([C@@H](C)CCCC(C)C)[C@@]4(C)CC[C@H]32)C1. The molecule has 3 fully saturated rings. The highest BCUT2D eigenvalue weighted by Crippen LogP contribution is 2.67. The fourth-order valence-corrected chi connectivity index (χ4v) is 10.4. The van der Waals surface area contributed by atoms with Crippen LogP contribution in [-0.4, -0.2) is 12.1 Å². The van der Waals surface area contributed by atoms with E-state index < -0.39 is 0 Å². The molecule has 0 aromatic heterocycles. The maximum absolute atomic E-state index is 12.7. The molecule has 0 aromatic rings. The van der Waals surface area contributed by atoms with Crippen molar-refractivity contribution in [3.05, 3.63) is 11.6 Å². The van der Waals surface area contributed by atoms with Crippen LogP contribution < -0.4 is 0 Å². The summed E-state index contributed by atoms with van der Waals surface area (Å²) in [6.45, 7) is 14.9. The molecule has 4 aliphatic carbocycles. The first kappa shape index (κ1) is 32.1. The number of ether oxygens (including phenoxy) is 1. The van der Waals surface area contributed by atoms with Gasteiger partial charge in [0.2, 0.25) is 0 Å². The minimum absolute atomic E-state index is 0.0572. The van der Waals surface area contributed by atoms with Crippen LogP contribution in [0.1, 0.15) is 170 Å². The predicted molar refractivity (Wildman–Crippen MR) is 170 cm³/mol. The largest absolute Gasteiger partial charge is 0.462 e. The van der Waals surface area contributed by atoms with E-state index in [9.17, 15) is 4.79 Å². The third kappa shape index (κ3) is 7.40. The second kappa shape index (κ2) is 14.6. The van der Waals surface area contributed by atoms with E-state index in [4.69, 9.17) is 4.74 Å². The van der Waals surface area contributed by atoms with Gasteiger partial charge in [-0.2, -0.15) is 0 Å². The number of allylic oxidation sites excluding steroid dienone is 1. The smallest absolute Gasteiger partial charge is 0.306 e. The molecule has 0 aliphatic heterocycles. The van der Waals surface area contributed by atoms with Crippen LogP contribution in [0.2, 0.25) is 0 Å². The molecule has 0 saturated heterocycles. The number of hydrogen-bond acceptors (Lipinski definition) is 2. The highest BCUT2D eigenvalue weighted by molar-refractivity contribution is 5.69. The summed E-state index contributed by atoms with van der Waals surface area (Å²) in [4.78, 5) is 12.7. The van der Waals surface area contributed by atoms with E-state index in [0.717, 1.165) is 54.8 Å². The molecule has 0 unspecified atom stereocenters. The van der Waals surface area contributed by atoms with Crippen molar-refractivity contribution in [3.63, 3.8) is 0 Å². The summed E-state index contributed by atoms with van der Waals surface area (Å²) in [5, 5.41) is 0. The lowest BCUT2D eigenvalue weighted by molar-refractivity contribution is -0.151. The van der Waals surface area contributed by atoms with Gasteiger partial charge in [-0.25, -0.2) is 0 Å². The van der Waals surface area contributed by atoms with Gasteiger partial charge in [0.1, 0.15) is 6.10 Å². The Labute approximate surface area is 249 Å². The Morgan fingerprint density at radius 1 is 0.875 bits per heavy atom. The maximum Gasteiger partial charge on any atom is 0.306 e. The normalized spacial score (nSPS) is 36.0. The van der Waals surface area contributed by atoms with Crippen molar-refractivity contribution in [1.29, 1.82) is 0 Å². The number of esters is 1. The number of carbonyl (C=O) groups is 1. The Balaban J connectivity index is 1.26. The summed E-state index contributed by atoms with van der Waals surface area (Å²) < 4.78 is 6.07. The van der Waals surface area contributed by atoms with Gasteiger partial charge in [0.25, 0.3) is 0 Å². The summed E-state index contributed by atoms with van der Waals surface area (Å²) in [6.07, 6.45) is 28.1. The maximum atomic E-state index is 12.7. The Kier molecular flexibility index (Phi) is 11.7. The van der Waals surface area contributed by atoms with E-state index in [0.29, 0.717) is 17.3 Å². The van der Waals surface area contributed by atoms with Crippen molar-refractivity contribution in [1.82, 2.24) is 0 Å². The van der Waals surface area contributed by atoms with Crippen molar-refractivity contribution >= 4 is 5.97 Å². The zero-order valence-corrected chi connectivity index (χ0v) is 27.6. The van der Waals surface area contributed by atoms with E-state index in [1.807, 2.05) is 0 Å². The van der Waals surface area contributed by atoms with Crippen LogP contribution in [0.5, 0.6) is 0 Å². The molecule has 0 spiro atoms. The van der Waals surface area contributed by atoms with Crippen molar-refractivity contribution in [2.75, 3.05) is 0 Å². The number of unbranched alkanes of at least 4 members (excludes halogenated alkanes) is 7. The molecule has 4 aliphatic rings. The topological polar surface area (TPSA) is 26.3 Å². The number of carbonyl (C=O) groups excluding carboxylic acids is 1. The molecule has 3 saturated carbocycles. The lowest BCUT2D eigenvalue weighted by Crippen LogP contribution is -2.51. The molecule has 4 rings (SSSR count). The molecule has 0 bridgehead atoms. The molecule has 0 heterocycles. The molecule has 40 heavy (non-hydrogen) atoms. The lowest BCUT2D eigenvalue weighted by atomic mass is 9.47. The van der Waals surface area contributed by atoms with E-state index >= 15 is 0 Å². The molecular formula is C38H66O2. The van der Waals surface area contributed by atoms with Gasteiger partial charge >= 0.3 is 5.97 Å². The standard InChI is InChI=1S/C38H66O2/c1-7-8-9-10-11-12-13-14-18-36(39)40-31-23-25-37(5)30(27-31)19-20-32-34-22-21-33(29(4)17-15-16-28(2)3)38(34,6)26-24-35(32)37/h19,28-29,31-35H,7-18,20-27H2,1-6H3/t29-,31-,32+,33-,34+,35+,37-,38+/m0/s1. The third-order valence-electron chi connectivity index (χ3n) is 12.8. The monoisotopic (exact) mass is 555 g/mol. The van der Waals surface area contributed by atoms with Crippen LogP contribution in [-0.2, 0) is 9.53 Å². The first-order valence-corrected chi connectivity index (χ1v) is 18.1. The van der Waals surface area contributed by atoms with E-state index in [-0.39, 0.29) is 12.1 Å². The zero-order chi connectivity index (χ0) is 28.8. The average molecular weight is 555 g/mol. The first-order valence-electron chi connectivity index (χ1n) is 18.1. The Morgan fingerprint density at radius 3 is 2.33 bits per heavy atom. The highest BCUT2D eigenvalue weighted by atomic mass is 16.5. The van der Waals surface area contributed by atoms with Gasteiger partial charge < -0.3 is 4.74 Å². The van der Waals surface area contributed by atoms with E-state index in [1.54, 1.807) is 5.57 Å². The molecule has 2 nitrogen and oxygen atoms in total. The van der Waals surface area contributed by atoms with E-state index in [2.05, 4.69) is 47.6 Å². The van der Waals surface area contributed by atoms with Gasteiger partial charge in [-0.1, -0.05) is 117 Å². The molecule has 0 amide bonds. The van der Waals surface area contributed by atoms with Crippen molar-refractivity contribution in [2.24, 2.45) is 46.3 Å². The average Bonchev–Trinajstić information content (AvgIpc) is 3.27. The quantitative estimate of drug-likeness (QED) is 0.114. The Hall–Kier alpha value is -0.790. The fraction of sp³-hybridized carbons (Fsp3) is 0.921. The number of hydrogen-bond donors (Lipinski definition) is 0. The van der Waals surface area contributed by atoms with Crippen LogP contribution in [0.4, 0.5) is 0 Å². The highest BCUT2D eigenvalue weighted by Gasteiger charge is 2.59. The van der Waals surface area contributed by atoms with Gasteiger partial charge in [-0.05, 0) is 97.7 Å². The van der Waals surface area contributed by atoms with Gasteiger partial charge in [0, 0.05) is 12.8 Å². The summed E-state index contributed by atoms with van der Waals surface area (Å²) in [6, 6.07) is 0. The summed E-state index contributed by atoms with van der Waals surface area (Å²) >= 11 is 0. The summed E-state index contributed by atoms with van der Waals surface area (Å²) in [5.74, 6) is 5.34. The fourth-order valence-electron chi connectivity index (χ4n) is 10.4. The van der Waals surface area contributed by atoms with Crippen molar-refractivity contribution in [2.45, 2.75) is 176 Å². The molecule has 0 aromatic carbocycles. The number of rotatable bonds is 15. The molecule has 2 heteroatoms. The Morgan fingerprint density at radius 2 is 1.60 bits per heavy atom. The third-order valence-corrected chi connectivity index (χ3v) is 12.8. The van der Waals surface area contributed by atoms with Crippen LogP contribution in [0, 0.1) is 46.3 Å². The van der Waals surface area contributed by atoms with Crippen LogP contribution in [0.25, 0.3) is 0 Å². The molecule has 230 valence electrons. The Bertz CT molecular complexity index is 827. The van der Waals surface area contributed by atoms with Crippen molar-refractivity contribution < 1.29 is 9.53 Å². The summed E-state index contributed by atoms with van der Waals surface area (Å²) in [7, 11) is 0. The van der Waals surface area contributed by atoms with Crippen molar-refractivity contribution in [3.8, 4) is 0 Å². The molecule has 8 atom stereocenters. The second-order valence-electron chi connectivity index (χ2n) is 15.9. The molecule has 0 radical (unpaired) electrons. The van der Waals surface area contributed by atoms with Crippen LogP contribution in [0.3, 0.4) is 0 Å². The van der Waals surface area contributed by atoms with Gasteiger partial charge in [0.05, 0.1) is 0 Å². The van der Waals surface area contributed by atoms with Crippen LogP contribution >= 0.6 is 0 Å². The summed E-state index contributed by atoms with van der Waals surface area (Å²) in [5.41, 5.74) is 2.54. The number of fused-ring (bicyclic) bond motifs is 5. The lowest BCUT2D eigenvalue weighted by Gasteiger charge is -2.58. The van der Waals surface area contributed by atoms with E-state index in [1.165, 1.54) is 103 Å². The molecule has 0 N–H and O–H groups in total. The minimum atomic E-state index is 0.0572. The first-order chi connectivity index (χ1) is 19.2. The van der Waals surface area contributed by atoms with Gasteiger partial charge in [0.15, 0.2) is 0 Å². The van der Waals surface area contributed by atoms with Gasteiger partial charge in [-0.3, -0.25) is 4.79 Å². The molecular weight excluding hydrogens is 488 g/mol. The van der Waals surface area contributed by atoms with Crippen LogP contribution in [0.15, 0.2) is 11.6 Å². The van der Waals surface area contributed by atoms with Gasteiger partial charge in [-0.15, -0.1) is 0 Å². The second-order valence-corrected chi connectivity index (χ2v) is 15.9. The predicted octanol–water partition coefficient (Wildman–Crippen LogP) is 11.5. The zero-order valence-electron chi connectivity index (χ0n) is 27.6. The minimum Gasteiger partial charge on any atom is -0.462 e.